The molecule has 0 fully saturated rings. The first-order valence-corrected chi connectivity index (χ1v) is 3.88. The molecular formula is C8H15N3. The van der Waals surface area contributed by atoms with E-state index in [9.17, 15) is 0 Å². The SMILES string of the molecule is CNCCc1cc(C)nn1C. The van der Waals surface area contributed by atoms with E-state index in [0.717, 1.165) is 18.7 Å². The number of aromatic nitrogens is 2. The van der Waals surface area contributed by atoms with E-state index in [0.29, 0.717) is 0 Å². The molecule has 0 aliphatic rings. The van der Waals surface area contributed by atoms with Crippen LogP contribution in [0.2, 0.25) is 0 Å². The molecule has 3 heteroatoms. The van der Waals surface area contributed by atoms with E-state index in [2.05, 4.69) is 16.5 Å². The van der Waals surface area contributed by atoms with Gasteiger partial charge in [-0.1, -0.05) is 0 Å². The minimum absolute atomic E-state index is 1.01. The van der Waals surface area contributed by atoms with Crippen LogP contribution in [-0.2, 0) is 13.5 Å². The van der Waals surface area contributed by atoms with Crippen molar-refractivity contribution in [2.24, 2.45) is 7.05 Å². The highest BCUT2D eigenvalue weighted by molar-refractivity contribution is 5.08. The molecule has 0 aliphatic carbocycles. The summed E-state index contributed by atoms with van der Waals surface area (Å²) >= 11 is 0. The summed E-state index contributed by atoms with van der Waals surface area (Å²) in [5, 5.41) is 7.36. The van der Waals surface area contributed by atoms with Gasteiger partial charge in [0.15, 0.2) is 0 Å². The largest absolute Gasteiger partial charge is 0.319 e. The molecule has 62 valence electrons. The van der Waals surface area contributed by atoms with Gasteiger partial charge in [-0.3, -0.25) is 4.68 Å². The third-order valence-corrected chi connectivity index (χ3v) is 1.73. The Morgan fingerprint density at radius 2 is 2.36 bits per heavy atom. The van der Waals surface area contributed by atoms with Crippen LogP contribution in [0.4, 0.5) is 0 Å². The van der Waals surface area contributed by atoms with Gasteiger partial charge >= 0.3 is 0 Å². The summed E-state index contributed by atoms with van der Waals surface area (Å²) in [6.45, 7) is 3.03. The van der Waals surface area contributed by atoms with Crippen molar-refractivity contribution >= 4 is 0 Å². The van der Waals surface area contributed by atoms with Gasteiger partial charge in [0.2, 0.25) is 0 Å². The summed E-state index contributed by atoms with van der Waals surface area (Å²) in [5.74, 6) is 0. The van der Waals surface area contributed by atoms with E-state index >= 15 is 0 Å². The third kappa shape index (κ3) is 2.05. The summed E-state index contributed by atoms with van der Waals surface area (Å²) in [6.07, 6.45) is 1.05. The predicted octanol–water partition coefficient (Wildman–Crippen LogP) is 0.490. The maximum absolute atomic E-state index is 4.25. The second-order valence-electron chi connectivity index (χ2n) is 2.75. The summed E-state index contributed by atoms with van der Waals surface area (Å²) < 4.78 is 1.94. The van der Waals surface area contributed by atoms with Gasteiger partial charge in [0.05, 0.1) is 5.69 Å². The average Bonchev–Trinajstić information content (AvgIpc) is 2.26. The third-order valence-electron chi connectivity index (χ3n) is 1.73. The lowest BCUT2D eigenvalue weighted by molar-refractivity contribution is 0.677. The second-order valence-corrected chi connectivity index (χ2v) is 2.75. The van der Waals surface area contributed by atoms with Gasteiger partial charge in [-0.15, -0.1) is 0 Å². The van der Waals surface area contributed by atoms with Crippen LogP contribution in [0.3, 0.4) is 0 Å². The van der Waals surface area contributed by atoms with Gasteiger partial charge in [-0.2, -0.15) is 5.10 Å². The van der Waals surface area contributed by atoms with E-state index in [4.69, 9.17) is 0 Å². The Balaban J connectivity index is 2.62. The molecule has 0 bridgehead atoms. The van der Waals surface area contributed by atoms with Crippen LogP contribution in [0.5, 0.6) is 0 Å². The fraction of sp³-hybridized carbons (Fsp3) is 0.625. The number of hydrogen-bond donors (Lipinski definition) is 1. The number of hydrogen-bond acceptors (Lipinski definition) is 2. The number of nitrogens with zero attached hydrogens (tertiary/aromatic N) is 2. The standard InChI is InChI=1S/C8H15N3/c1-7-6-8(4-5-9-2)11(3)10-7/h6,9H,4-5H2,1-3H3. The Hall–Kier alpha value is -0.830. The van der Waals surface area contributed by atoms with Crippen molar-refractivity contribution in [1.82, 2.24) is 15.1 Å². The number of likely N-dealkylation sites (N-methyl/N-ethyl adjacent to an activating group) is 1. The molecule has 1 heterocycles. The van der Waals surface area contributed by atoms with Crippen molar-refractivity contribution in [1.29, 1.82) is 0 Å². The Morgan fingerprint density at radius 1 is 1.64 bits per heavy atom. The molecule has 0 aromatic carbocycles. The van der Waals surface area contributed by atoms with Crippen molar-refractivity contribution in [3.05, 3.63) is 17.5 Å². The van der Waals surface area contributed by atoms with E-state index in [1.165, 1.54) is 5.69 Å². The number of nitrogens with one attached hydrogen (secondary N) is 1. The molecular weight excluding hydrogens is 138 g/mol. The van der Waals surface area contributed by atoms with Gasteiger partial charge in [-0.25, -0.2) is 0 Å². The maximum atomic E-state index is 4.25. The summed E-state index contributed by atoms with van der Waals surface area (Å²) in [5.41, 5.74) is 2.38. The first-order valence-electron chi connectivity index (χ1n) is 3.88. The molecule has 0 saturated carbocycles. The molecule has 0 radical (unpaired) electrons. The van der Waals surface area contributed by atoms with E-state index in [1.54, 1.807) is 0 Å². The van der Waals surface area contributed by atoms with Gasteiger partial charge in [0.25, 0.3) is 0 Å². The zero-order valence-corrected chi connectivity index (χ0v) is 7.39. The smallest absolute Gasteiger partial charge is 0.0596 e. The molecule has 0 atom stereocenters. The van der Waals surface area contributed by atoms with Gasteiger partial charge in [-0.05, 0) is 20.0 Å². The van der Waals surface area contributed by atoms with E-state index in [1.807, 2.05) is 25.7 Å². The van der Waals surface area contributed by atoms with Crippen molar-refractivity contribution in [3.8, 4) is 0 Å². The molecule has 11 heavy (non-hydrogen) atoms. The van der Waals surface area contributed by atoms with Crippen LogP contribution >= 0.6 is 0 Å². The lowest BCUT2D eigenvalue weighted by Crippen LogP contribution is -2.12. The quantitative estimate of drug-likeness (QED) is 0.685. The topological polar surface area (TPSA) is 29.9 Å². The molecule has 1 N–H and O–H groups in total. The molecule has 0 amide bonds. The Bertz CT molecular complexity index is 227. The fourth-order valence-electron chi connectivity index (χ4n) is 1.15. The van der Waals surface area contributed by atoms with Crippen molar-refractivity contribution in [2.45, 2.75) is 13.3 Å². The lowest BCUT2D eigenvalue weighted by atomic mass is 10.3. The summed E-state index contributed by atoms with van der Waals surface area (Å²) in [4.78, 5) is 0. The van der Waals surface area contributed by atoms with E-state index < -0.39 is 0 Å². The molecule has 0 aliphatic heterocycles. The zero-order valence-electron chi connectivity index (χ0n) is 7.39. The maximum Gasteiger partial charge on any atom is 0.0596 e. The summed E-state index contributed by atoms with van der Waals surface area (Å²) in [6, 6.07) is 2.12. The normalized spacial score (nSPS) is 10.5. The van der Waals surface area contributed by atoms with Crippen LogP contribution in [-0.4, -0.2) is 23.4 Å². The van der Waals surface area contributed by atoms with Crippen molar-refractivity contribution < 1.29 is 0 Å². The summed E-state index contributed by atoms with van der Waals surface area (Å²) in [7, 11) is 3.95. The highest BCUT2D eigenvalue weighted by Crippen LogP contribution is 2.01. The minimum Gasteiger partial charge on any atom is -0.319 e. The lowest BCUT2D eigenvalue weighted by Gasteiger charge is -1.99. The van der Waals surface area contributed by atoms with Crippen LogP contribution in [0.15, 0.2) is 6.07 Å². The van der Waals surface area contributed by atoms with Crippen LogP contribution in [0.1, 0.15) is 11.4 Å². The predicted molar refractivity (Wildman–Crippen MR) is 45.6 cm³/mol. The molecule has 1 aromatic rings. The molecule has 0 unspecified atom stereocenters. The highest BCUT2D eigenvalue weighted by Gasteiger charge is 1.99. The second kappa shape index (κ2) is 3.53. The van der Waals surface area contributed by atoms with Gasteiger partial charge < -0.3 is 5.32 Å². The fourth-order valence-corrected chi connectivity index (χ4v) is 1.15. The van der Waals surface area contributed by atoms with Crippen LogP contribution in [0, 0.1) is 6.92 Å². The molecule has 3 nitrogen and oxygen atoms in total. The molecule has 1 rings (SSSR count). The van der Waals surface area contributed by atoms with Crippen LogP contribution < -0.4 is 5.32 Å². The number of aryl methyl sites for hydroxylation is 2. The van der Waals surface area contributed by atoms with Gasteiger partial charge in [0.1, 0.15) is 0 Å². The first kappa shape index (κ1) is 8.27. The van der Waals surface area contributed by atoms with Crippen LogP contribution in [0.25, 0.3) is 0 Å². The monoisotopic (exact) mass is 153 g/mol. The Kier molecular flexibility index (Phi) is 2.65. The van der Waals surface area contributed by atoms with Crippen molar-refractivity contribution in [3.63, 3.8) is 0 Å². The zero-order chi connectivity index (χ0) is 8.27. The molecule has 0 spiro atoms. The molecule has 1 aromatic heterocycles. The minimum atomic E-state index is 1.01. The Morgan fingerprint density at radius 3 is 2.82 bits per heavy atom. The number of rotatable bonds is 3. The van der Waals surface area contributed by atoms with Crippen molar-refractivity contribution in [2.75, 3.05) is 13.6 Å². The first-order chi connectivity index (χ1) is 5.24. The Labute approximate surface area is 67.4 Å². The van der Waals surface area contributed by atoms with Gasteiger partial charge in [0, 0.05) is 25.7 Å². The average molecular weight is 153 g/mol. The molecule has 0 saturated heterocycles. The van der Waals surface area contributed by atoms with E-state index in [-0.39, 0.29) is 0 Å². The highest BCUT2D eigenvalue weighted by atomic mass is 15.3.